The van der Waals surface area contributed by atoms with Crippen LogP contribution in [0.5, 0.6) is 0 Å². The summed E-state index contributed by atoms with van der Waals surface area (Å²) in [4.78, 5) is 8.83. The van der Waals surface area contributed by atoms with Crippen molar-refractivity contribution in [2.24, 2.45) is 0 Å². The zero-order chi connectivity index (χ0) is 13.0. The highest BCUT2D eigenvalue weighted by Crippen LogP contribution is 2.21. The van der Waals surface area contributed by atoms with Crippen LogP contribution in [-0.2, 0) is 0 Å². The zero-order valence-corrected chi connectivity index (χ0v) is 12.1. The molecule has 0 fully saturated rings. The summed E-state index contributed by atoms with van der Waals surface area (Å²) in [7, 11) is 0. The summed E-state index contributed by atoms with van der Waals surface area (Å²) in [6, 6.07) is 0. The maximum atomic E-state index is 5.90. The number of hydrogen-bond acceptors (Lipinski definition) is 5. The van der Waals surface area contributed by atoms with Gasteiger partial charge in [-0.1, -0.05) is 20.8 Å². The van der Waals surface area contributed by atoms with Gasteiger partial charge in [-0.15, -0.1) is 0 Å². The Bertz CT molecular complexity index is 379. The molecule has 0 amide bonds. The number of nitrogens with zero attached hydrogens (tertiary/aromatic N) is 2. The van der Waals surface area contributed by atoms with Gasteiger partial charge in [-0.3, -0.25) is 0 Å². The first-order valence-corrected chi connectivity index (χ1v) is 7.15. The van der Waals surface area contributed by atoms with E-state index in [1.54, 1.807) is 0 Å². The molecule has 3 N–H and O–H groups in total. The first kappa shape index (κ1) is 14.1. The van der Waals surface area contributed by atoms with Crippen LogP contribution in [0.4, 0.5) is 11.6 Å². The van der Waals surface area contributed by atoms with Crippen molar-refractivity contribution in [1.29, 1.82) is 0 Å². The summed E-state index contributed by atoms with van der Waals surface area (Å²) in [5.74, 6) is 2.52. The molecule has 5 heteroatoms. The highest BCUT2D eigenvalue weighted by molar-refractivity contribution is 7.99. The van der Waals surface area contributed by atoms with E-state index in [4.69, 9.17) is 5.73 Å². The van der Waals surface area contributed by atoms with Gasteiger partial charge in [0.15, 0.2) is 0 Å². The van der Waals surface area contributed by atoms with Crippen molar-refractivity contribution in [1.82, 2.24) is 9.97 Å². The average molecular weight is 254 g/mol. The zero-order valence-electron chi connectivity index (χ0n) is 11.2. The Labute approximate surface area is 108 Å². The molecule has 4 nitrogen and oxygen atoms in total. The summed E-state index contributed by atoms with van der Waals surface area (Å²) in [5.41, 5.74) is 6.83. The number of aromatic nitrogens is 2. The van der Waals surface area contributed by atoms with Crippen LogP contribution in [0.1, 0.15) is 38.1 Å². The fourth-order valence-electron chi connectivity index (χ4n) is 1.31. The van der Waals surface area contributed by atoms with Crippen molar-refractivity contribution in [3.63, 3.8) is 0 Å². The van der Waals surface area contributed by atoms with Crippen LogP contribution < -0.4 is 11.1 Å². The Balaban J connectivity index is 2.90. The van der Waals surface area contributed by atoms with Crippen LogP contribution in [0, 0.1) is 6.92 Å². The quantitative estimate of drug-likeness (QED) is 0.845. The lowest BCUT2D eigenvalue weighted by atomic mass is 10.2. The Kier molecular flexibility index (Phi) is 5.05. The second-order valence-electron chi connectivity index (χ2n) is 4.52. The predicted octanol–water partition coefficient (Wildman–Crippen LogP) is 2.65. The number of anilines is 2. The molecule has 0 aliphatic rings. The topological polar surface area (TPSA) is 63.8 Å². The van der Waals surface area contributed by atoms with Crippen molar-refractivity contribution < 1.29 is 0 Å². The molecule has 0 spiro atoms. The van der Waals surface area contributed by atoms with Crippen molar-refractivity contribution in [3.8, 4) is 0 Å². The molecule has 0 aliphatic heterocycles. The molecule has 1 aromatic heterocycles. The van der Waals surface area contributed by atoms with E-state index in [1.165, 1.54) is 0 Å². The van der Waals surface area contributed by atoms with Crippen LogP contribution in [0.15, 0.2) is 0 Å². The third kappa shape index (κ3) is 3.77. The van der Waals surface area contributed by atoms with E-state index < -0.39 is 0 Å². The van der Waals surface area contributed by atoms with E-state index in [2.05, 4.69) is 42.3 Å². The van der Waals surface area contributed by atoms with E-state index in [0.717, 1.165) is 23.8 Å². The molecule has 1 heterocycles. The van der Waals surface area contributed by atoms with Crippen LogP contribution in [0.2, 0.25) is 0 Å². The van der Waals surface area contributed by atoms with E-state index >= 15 is 0 Å². The summed E-state index contributed by atoms with van der Waals surface area (Å²) in [6.45, 7) is 9.15. The molecule has 17 heavy (non-hydrogen) atoms. The van der Waals surface area contributed by atoms with E-state index in [-0.39, 0.29) is 5.92 Å². The largest absolute Gasteiger partial charge is 0.383 e. The third-order valence-electron chi connectivity index (χ3n) is 2.68. The minimum absolute atomic E-state index is 0.288. The SMILES string of the molecule is CSC(C)CNc1nc(C(C)C)nc(N)c1C. The monoisotopic (exact) mass is 254 g/mol. The smallest absolute Gasteiger partial charge is 0.135 e. The van der Waals surface area contributed by atoms with Crippen molar-refractivity contribution in [3.05, 3.63) is 11.4 Å². The van der Waals surface area contributed by atoms with Crippen LogP contribution in [0.3, 0.4) is 0 Å². The Morgan fingerprint density at radius 2 is 1.94 bits per heavy atom. The van der Waals surface area contributed by atoms with E-state index in [9.17, 15) is 0 Å². The minimum atomic E-state index is 0.288. The molecular weight excluding hydrogens is 232 g/mol. The van der Waals surface area contributed by atoms with E-state index in [0.29, 0.717) is 11.1 Å². The maximum absolute atomic E-state index is 5.90. The van der Waals surface area contributed by atoms with Gasteiger partial charge in [0.2, 0.25) is 0 Å². The second-order valence-corrected chi connectivity index (χ2v) is 5.80. The molecule has 0 saturated heterocycles. The van der Waals surface area contributed by atoms with Gasteiger partial charge < -0.3 is 11.1 Å². The summed E-state index contributed by atoms with van der Waals surface area (Å²) in [5, 5.41) is 3.90. The third-order valence-corrected chi connectivity index (χ3v) is 3.65. The average Bonchev–Trinajstić information content (AvgIpc) is 2.30. The normalized spacial score (nSPS) is 12.8. The highest BCUT2D eigenvalue weighted by Gasteiger charge is 2.11. The summed E-state index contributed by atoms with van der Waals surface area (Å²) in [6.07, 6.45) is 2.10. The van der Waals surface area contributed by atoms with Gasteiger partial charge in [-0.05, 0) is 13.2 Å². The van der Waals surface area contributed by atoms with Crippen molar-refractivity contribution in [2.75, 3.05) is 23.9 Å². The second kappa shape index (κ2) is 6.10. The van der Waals surface area contributed by atoms with Gasteiger partial charge in [0, 0.05) is 23.3 Å². The highest BCUT2D eigenvalue weighted by atomic mass is 32.2. The maximum Gasteiger partial charge on any atom is 0.135 e. The van der Waals surface area contributed by atoms with Crippen molar-refractivity contribution >= 4 is 23.4 Å². The number of nitrogens with two attached hydrogens (primary N) is 1. The van der Waals surface area contributed by atoms with Crippen LogP contribution in [0.25, 0.3) is 0 Å². The van der Waals surface area contributed by atoms with Gasteiger partial charge in [0.25, 0.3) is 0 Å². The molecule has 0 aliphatic carbocycles. The summed E-state index contributed by atoms with van der Waals surface area (Å²) < 4.78 is 0. The Morgan fingerprint density at radius 3 is 2.47 bits per heavy atom. The Morgan fingerprint density at radius 1 is 1.29 bits per heavy atom. The Hall–Kier alpha value is -0.970. The molecule has 0 aromatic carbocycles. The number of nitrogens with one attached hydrogen (secondary N) is 1. The first-order chi connectivity index (χ1) is 7.95. The van der Waals surface area contributed by atoms with Gasteiger partial charge in [0.1, 0.15) is 17.5 Å². The predicted molar refractivity (Wildman–Crippen MR) is 76.7 cm³/mol. The molecule has 1 aromatic rings. The molecule has 1 rings (SSSR count). The molecule has 0 saturated carbocycles. The molecule has 96 valence electrons. The fourth-order valence-corrected chi connectivity index (χ4v) is 1.56. The van der Waals surface area contributed by atoms with Gasteiger partial charge in [-0.2, -0.15) is 11.8 Å². The van der Waals surface area contributed by atoms with Gasteiger partial charge >= 0.3 is 0 Å². The molecule has 0 bridgehead atoms. The molecule has 1 unspecified atom stereocenters. The number of hydrogen-bond donors (Lipinski definition) is 2. The van der Waals surface area contributed by atoms with Crippen LogP contribution >= 0.6 is 11.8 Å². The number of nitrogen functional groups attached to an aromatic ring is 1. The lowest BCUT2D eigenvalue weighted by molar-refractivity contribution is 0.774. The molecule has 0 radical (unpaired) electrons. The standard InChI is InChI=1S/C12H22N4S/c1-7(2)11-15-10(13)9(4)12(16-11)14-6-8(3)17-5/h7-8H,6H2,1-5H3,(H3,13,14,15,16). The van der Waals surface area contributed by atoms with E-state index in [1.807, 2.05) is 18.7 Å². The number of thioether (sulfide) groups is 1. The first-order valence-electron chi connectivity index (χ1n) is 5.86. The van der Waals surface area contributed by atoms with Gasteiger partial charge in [0.05, 0.1) is 0 Å². The van der Waals surface area contributed by atoms with Crippen LogP contribution in [-0.4, -0.2) is 28.0 Å². The minimum Gasteiger partial charge on any atom is -0.383 e. The fraction of sp³-hybridized carbons (Fsp3) is 0.667. The molecular formula is C12H22N4S. The number of rotatable bonds is 5. The van der Waals surface area contributed by atoms with Gasteiger partial charge in [-0.25, -0.2) is 9.97 Å². The molecule has 1 atom stereocenters. The van der Waals surface area contributed by atoms with Crippen molar-refractivity contribution in [2.45, 2.75) is 38.9 Å². The lowest BCUT2D eigenvalue weighted by Gasteiger charge is -2.15. The summed E-state index contributed by atoms with van der Waals surface area (Å²) >= 11 is 1.83. The lowest BCUT2D eigenvalue weighted by Crippen LogP contribution is -2.16.